The Morgan fingerprint density at radius 3 is 0.463 bits per heavy atom. The lowest BCUT2D eigenvalue weighted by atomic mass is 10.1. The van der Waals surface area contributed by atoms with E-state index in [-0.39, 0.29) is 7.43 Å². The molecule has 82 heavy (non-hydrogen) atoms. The minimum atomic E-state index is 0. The van der Waals surface area contributed by atoms with E-state index in [0.717, 1.165) is 131 Å². The molecule has 8 fully saturated rings. The van der Waals surface area contributed by atoms with Crippen LogP contribution in [0.25, 0.3) is 0 Å². The number of hydrogen-bond acceptors (Lipinski definition) is 26. The van der Waals surface area contributed by atoms with Crippen LogP contribution in [-0.4, -0.2) is 300 Å². The summed E-state index contributed by atoms with van der Waals surface area (Å²) in [4.78, 5) is 100. The van der Waals surface area contributed by atoms with E-state index < -0.39 is 0 Å². The lowest BCUT2D eigenvalue weighted by Gasteiger charge is -2.31. The molecular weight excluding hydrogens is 1070 g/mol. The summed E-state index contributed by atoms with van der Waals surface area (Å²) in [5.74, 6) is 0. The molecular formula is C56H108N10O16. The van der Waals surface area contributed by atoms with Crippen LogP contribution in [0.3, 0.4) is 0 Å². The fourth-order valence-electron chi connectivity index (χ4n) is 9.39. The first-order valence-electron chi connectivity index (χ1n) is 29.3. The molecule has 8 rings (SSSR count). The van der Waals surface area contributed by atoms with Crippen LogP contribution in [0.1, 0.15) is 117 Å². The Morgan fingerprint density at radius 2 is 0.329 bits per heavy atom. The van der Waals surface area contributed by atoms with Gasteiger partial charge in [-0.2, -0.15) is 0 Å². The zero-order chi connectivity index (χ0) is 58.9. The average molecular weight is 1180 g/mol. The fourth-order valence-corrected chi connectivity index (χ4v) is 9.39. The fraction of sp³-hybridized carbons (Fsp3) is 0.857. The summed E-state index contributed by atoms with van der Waals surface area (Å²) in [6.45, 7) is 28.9. The average Bonchev–Trinajstić information content (AvgIpc) is 4.06. The van der Waals surface area contributed by atoms with Gasteiger partial charge in [0.2, 0.25) is 0 Å². The van der Waals surface area contributed by atoms with Crippen LogP contribution in [0.2, 0.25) is 0 Å². The van der Waals surface area contributed by atoms with Crippen LogP contribution in [0.5, 0.6) is 0 Å². The van der Waals surface area contributed by atoms with Gasteiger partial charge in [0, 0.05) is 131 Å². The third-order valence-electron chi connectivity index (χ3n) is 14.2. The van der Waals surface area contributed by atoms with Gasteiger partial charge >= 0.3 is 0 Å². The molecule has 0 N–H and O–H groups in total. The molecule has 0 aromatic rings. The highest BCUT2D eigenvalue weighted by Gasteiger charge is 2.16. The van der Waals surface area contributed by atoms with E-state index in [2.05, 4.69) is 101 Å². The second kappa shape index (κ2) is 58.1. The Hall–Kier alpha value is -4.64. The number of piperazine rings is 2. The van der Waals surface area contributed by atoms with E-state index in [4.69, 9.17) is 0 Å². The molecule has 8 aliphatic rings. The Kier molecular flexibility index (Phi) is 54.9. The number of rotatable bonds is 24. The van der Waals surface area contributed by atoms with Crippen LogP contribution in [0.4, 0.5) is 0 Å². The van der Waals surface area contributed by atoms with Gasteiger partial charge in [-0.05, 0) is 91.1 Å². The molecule has 0 amide bonds. The van der Waals surface area contributed by atoms with Gasteiger partial charge in [-0.3, -0.25) is 77.6 Å². The second-order valence-electron chi connectivity index (χ2n) is 20.7. The topological polar surface area (TPSA) is 243 Å². The third-order valence-corrected chi connectivity index (χ3v) is 14.2. The van der Waals surface area contributed by atoms with Crippen molar-refractivity contribution >= 4 is 51.8 Å². The maximum absolute atomic E-state index is 9.85. The maximum atomic E-state index is 9.85. The molecule has 0 bridgehead atoms. The molecule has 0 aliphatic carbocycles. The number of ether oxygens (including phenoxy) is 8. The maximum Gasteiger partial charge on any atom is 0.294 e. The van der Waals surface area contributed by atoms with E-state index in [1.165, 1.54) is 109 Å². The zero-order valence-electron chi connectivity index (χ0n) is 49.4. The molecule has 0 atom stereocenters. The van der Waals surface area contributed by atoms with E-state index >= 15 is 0 Å². The highest BCUT2D eigenvalue weighted by atomic mass is 16.6. The Morgan fingerprint density at radius 1 is 0.207 bits per heavy atom. The van der Waals surface area contributed by atoms with Gasteiger partial charge in [0.05, 0.1) is 0 Å². The smallest absolute Gasteiger partial charge is 0.294 e. The molecule has 0 spiro atoms. The van der Waals surface area contributed by atoms with Crippen molar-refractivity contribution in [3.05, 3.63) is 0 Å². The first-order valence-corrected chi connectivity index (χ1v) is 29.3. The monoisotopic (exact) mass is 1180 g/mol. The largest absolute Gasteiger partial charge is 0.452 e. The van der Waals surface area contributed by atoms with Gasteiger partial charge in [0.15, 0.2) is 0 Å². The molecule has 0 radical (unpaired) electrons. The van der Waals surface area contributed by atoms with E-state index in [1.807, 2.05) is 0 Å². The van der Waals surface area contributed by atoms with Crippen molar-refractivity contribution in [2.45, 2.75) is 117 Å². The lowest BCUT2D eigenvalue weighted by molar-refractivity contribution is -0.134. The Balaban J connectivity index is 0.000000913. The van der Waals surface area contributed by atoms with Crippen LogP contribution < -0.4 is 0 Å². The molecule has 8 heterocycles. The molecule has 0 unspecified atom stereocenters. The summed E-state index contributed by atoms with van der Waals surface area (Å²) >= 11 is 0. The summed E-state index contributed by atoms with van der Waals surface area (Å²) in [6, 6.07) is 0. The van der Waals surface area contributed by atoms with Crippen molar-refractivity contribution in [2.24, 2.45) is 0 Å². The molecule has 0 aromatic heterocycles. The first kappa shape index (κ1) is 77.4. The summed E-state index contributed by atoms with van der Waals surface area (Å²) in [5, 5.41) is 0. The van der Waals surface area contributed by atoms with Gasteiger partial charge in [0.25, 0.3) is 51.8 Å². The van der Waals surface area contributed by atoms with Crippen LogP contribution >= 0.6 is 0 Å². The quantitative estimate of drug-likeness (QED) is 0.0996. The van der Waals surface area contributed by atoms with Crippen molar-refractivity contribution in [1.82, 2.24) is 49.0 Å². The number of nitrogens with zero attached hydrogens (tertiary/aromatic N) is 10. The number of carbonyl (C=O) groups is 8. The number of likely N-dealkylation sites (N-methyl/N-ethyl adjacent to an activating group) is 2. The molecule has 26 nitrogen and oxygen atoms in total. The SMILES string of the molecule is C.CN1CCN(COC=O)CC1.CN1CCN(COC=O)CC1.O=COCN1CCCC1.O=COCN1CCCCC1.O=COCN1CCCCC1.O=COCN1CCCCC1.O=COCN1CCCCC1.O=COCN1CCCCC1. The van der Waals surface area contributed by atoms with Crippen molar-refractivity contribution in [3.8, 4) is 0 Å². The molecule has 0 aromatic carbocycles. The van der Waals surface area contributed by atoms with E-state index in [0.29, 0.717) is 106 Å². The summed E-state index contributed by atoms with van der Waals surface area (Å²) in [6.07, 6.45) is 21.4. The number of carbonyl (C=O) groups excluding carboxylic acids is 8. The summed E-state index contributed by atoms with van der Waals surface area (Å²) in [7, 11) is 4.19. The predicted octanol–water partition coefficient (Wildman–Crippen LogP) is 2.59. The van der Waals surface area contributed by atoms with Crippen molar-refractivity contribution in [1.29, 1.82) is 0 Å². The number of likely N-dealkylation sites (tertiary alicyclic amines) is 6. The Labute approximate surface area is 491 Å². The minimum Gasteiger partial charge on any atom is -0.452 e. The normalized spacial score (nSPS) is 20.4. The Bertz CT molecular complexity index is 1290. The van der Waals surface area contributed by atoms with E-state index in [9.17, 15) is 38.4 Å². The van der Waals surface area contributed by atoms with Gasteiger partial charge in [-0.1, -0.05) is 39.5 Å². The molecule has 0 saturated carbocycles. The highest BCUT2D eigenvalue weighted by molar-refractivity contribution is 5.38. The molecule has 26 heteroatoms. The first-order chi connectivity index (χ1) is 39.7. The van der Waals surface area contributed by atoms with Crippen molar-refractivity contribution in [2.75, 3.05) is 199 Å². The van der Waals surface area contributed by atoms with E-state index in [1.54, 1.807) is 0 Å². The minimum absolute atomic E-state index is 0. The lowest BCUT2D eigenvalue weighted by Crippen LogP contribution is -2.45. The number of piperidine rings is 5. The van der Waals surface area contributed by atoms with Gasteiger partial charge in [-0.15, -0.1) is 0 Å². The second-order valence-corrected chi connectivity index (χ2v) is 20.7. The van der Waals surface area contributed by atoms with Gasteiger partial charge in [0.1, 0.15) is 53.8 Å². The van der Waals surface area contributed by atoms with Crippen LogP contribution in [-0.2, 0) is 76.3 Å². The van der Waals surface area contributed by atoms with Crippen LogP contribution in [0.15, 0.2) is 0 Å². The standard InChI is InChI=1S/2C7H14N2O2.5C7H13NO2.C6H11NO2.CH4/c2*1-8-2-4-9(5-3-8)6-11-7-10;5*9-7-10-6-8-4-2-1-3-5-8;8-6-9-5-7-3-1-2-4-7;/h2*7H,2-6H2,1H3;5*7H,1-6H2;6H,1-5H2;1H4. The van der Waals surface area contributed by atoms with Gasteiger partial charge in [-0.25, -0.2) is 0 Å². The molecule has 8 saturated heterocycles. The highest BCUT2D eigenvalue weighted by Crippen LogP contribution is 2.11. The number of hydrogen-bond donors (Lipinski definition) is 0. The van der Waals surface area contributed by atoms with Crippen molar-refractivity contribution in [3.63, 3.8) is 0 Å². The zero-order valence-corrected chi connectivity index (χ0v) is 49.4. The van der Waals surface area contributed by atoms with Crippen LogP contribution in [0, 0.1) is 0 Å². The molecule has 478 valence electrons. The third kappa shape index (κ3) is 46.8. The molecule has 8 aliphatic heterocycles. The summed E-state index contributed by atoms with van der Waals surface area (Å²) in [5.41, 5.74) is 0. The van der Waals surface area contributed by atoms with Gasteiger partial charge < -0.3 is 47.7 Å². The predicted molar refractivity (Wildman–Crippen MR) is 309 cm³/mol. The van der Waals surface area contributed by atoms with Crippen molar-refractivity contribution < 1.29 is 76.3 Å². The summed E-state index contributed by atoms with van der Waals surface area (Å²) < 4.78 is 36.9.